The molecular weight excluding hydrogens is 198 g/mol. The molecule has 0 saturated carbocycles. The van der Waals surface area contributed by atoms with Crippen molar-refractivity contribution in [1.29, 1.82) is 0 Å². The van der Waals surface area contributed by atoms with Crippen molar-refractivity contribution < 1.29 is 14.4 Å². The quantitative estimate of drug-likeness (QED) is 0.395. The monoisotopic (exact) mass is 213 g/mol. The number of allylic oxidation sites excluding steroid dienone is 1. The van der Waals surface area contributed by atoms with Crippen LogP contribution in [0.2, 0.25) is 0 Å². The number of rotatable bonds is 2. The molecule has 84 valence electrons. The topological polar surface area (TPSA) is 61.6 Å². The fraction of sp³-hybridized carbons (Fsp3) is 0.800. The van der Waals surface area contributed by atoms with Crippen molar-refractivity contribution in [2.45, 2.75) is 24.8 Å². The average Bonchev–Trinajstić information content (AvgIpc) is 2.31. The first-order valence-electron chi connectivity index (χ1n) is 5.22. The number of nitrogens with zero attached hydrogens (tertiary/aromatic N) is 1. The van der Waals surface area contributed by atoms with Gasteiger partial charge in [0.2, 0.25) is 0 Å². The Morgan fingerprint density at radius 1 is 1.40 bits per heavy atom. The minimum atomic E-state index is -1.06. The van der Waals surface area contributed by atoms with Crippen LogP contribution >= 0.6 is 0 Å². The van der Waals surface area contributed by atoms with Gasteiger partial charge in [0, 0.05) is 4.92 Å². The summed E-state index contributed by atoms with van der Waals surface area (Å²) in [6.07, 6.45) is 6.85. The molecule has 1 aliphatic heterocycles. The van der Waals surface area contributed by atoms with Crippen LogP contribution in [0.4, 0.5) is 0 Å². The van der Waals surface area contributed by atoms with Gasteiger partial charge in [-0.1, -0.05) is 12.2 Å². The second-order valence-corrected chi connectivity index (χ2v) is 4.14. The van der Waals surface area contributed by atoms with E-state index in [0.29, 0.717) is 0 Å². The molecular formula is C10H15NO4. The van der Waals surface area contributed by atoms with Gasteiger partial charge in [0.05, 0.1) is 5.92 Å². The molecule has 0 N–H and O–H groups in total. The fourth-order valence-electron chi connectivity index (χ4n) is 2.25. The third-order valence-corrected chi connectivity index (χ3v) is 3.18. The predicted octanol–water partition coefficient (Wildman–Crippen LogP) is 1.36. The summed E-state index contributed by atoms with van der Waals surface area (Å²) in [4.78, 5) is 11.0. The van der Waals surface area contributed by atoms with Crippen molar-refractivity contribution in [1.82, 2.24) is 0 Å². The van der Waals surface area contributed by atoms with Crippen LogP contribution in [0.5, 0.6) is 0 Å². The van der Waals surface area contributed by atoms with E-state index in [9.17, 15) is 10.1 Å². The Kier molecular flexibility index (Phi) is 3.02. The van der Waals surface area contributed by atoms with E-state index in [-0.39, 0.29) is 30.8 Å². The highest BCUT2D eigenvalue weighted by molar-refractivity contribution is 5.03. The van der Waals surface area contributed by atoms with Crippen LogP contribution in [0.1, 0.15) is 19.3 Å². The highest BCUT2D eigenvalue weighted by Crippen LogP contribution is 2.33. The summed E-state index contributed by atoms with van der Waals surface area (Å²) in [5.74, 6) is -0.0541. The van der Waals surface area contributed by atoms with Crippen molar-refractivity contribution >= 4 is 0 Å². The zero-order chi connectivity index (χ0) is 10.7. The molecule has 0 aromatic carbocycles. The predicted molar refractivity (Wildman–Crippen MR) is 53.0 cm³/mol. The van der Waals surface area contributed by atoms with Crippen molar-refractivity contribution in [3.63, 3.8) is 0 Å². The number of ether oxygens (including phenoxy) is 2. The summed E-state index contributed by atoms with van der Waals surface area (Å²) < 4.78 is 10.2. The van der Waals surface area contributed by atoms with Gasteiger partial charge in [-0.25, -0.2) is 0 Å². The van der Waals surface area contributed by atoms with Crippen LogP contribution in [0, 0.1) is 16.0 Å². The normalized spacial score (nSPS) is 30.0. The molecule has 2 aliphatic rings. The second kappa shape index (κ2) is 4.28. The molecule has 0 aromatic rings. The molecule has 1 aliphatic carbocycles. The largest absolute Gasteiger partial charge is 0.348 e. The molecule has 0 bridgehead atoms. The first-order chi connectivity index (χ1) is 7.26. The average molecular weight is 213 g/mol. The first kappa shape index (κ1) is 10.6. The van der Waals surface area contributed by atoms with E-state index < -0.39 is 5.54 Å². The van der Waals surface area contributed by atoms with Crippen molar-refractivity contribution in [3.05, 3.63) is 22.3 Å². The Bertz CT molecular complexity index is 271. The number of nitro groups is 1. The lowest BCUT2D eigenvalue weighted by Gasteiger charge is -2.35. The molecule has 1 atom stereocenters. The second-order valence-electron chi connectivity index (χ2n) is 4.14. The van der Waals surface area contributed by atoms with E-state index in [0.717, 1.165) is 19.3 Å². The summed E-state index contributed by atoms with van der Waals surface area (Å²) in [6, 6.07) is 0. The Morgan fingerprint density at radius 3 is 2.67 bits per heavy atom. The summed E-state index contributed by atoms with van der Waals surface area (Å²) in [7, 11) is 0. The molecule has 1 fully saturated rings. The molecule has 1 saturated heterocycles. The van der Waals surface area contributed by atoms with Gasteiger partial charge < -0.3 is 9.47 Å². The van der Waals surface area contributed by atoms with Gasteiger partial charge in [-0.05, 0) is 19.3 Å². The van der Waals surface area contributed by atoms with Crippen molar-refractivity contribution in [3.8, 4) is 0 Å². The van der Waals surface area contributed by atoms with Gasteiger partial charge in [-0.3, -0.25) is 10.1 Å². The lowest BCUT2D eigenvalue weighted by atomic mass is 9.79. The van der Waals surface area contributed by atoms with Crippen molar-refractivity contribution in [2.24, 2.45) is 5.92 Å². The van der Waals surface area contributed by atoms with Crippen LogP contribution < -0.4 is 0 Å². The molecule has 5 nitrogen and oxygen atoms in total. The maximum atomic E-state index is 11.2. The highest BCUT2D eigenvalue weighted by Gasteiger charge is 2.51. The standard InChI is InChI=1S/C10H15NO4/c12-11(13)10(6-14-8-15-7-10)9-4-2-1-3-5-9/h2,4,9H,1,3,5-8H2. The summed E-state index contributed by atoms with van der Waals surface area (Å²) in [6.45, 7) is 0.496. The third-order valence-electron chi connectivity index (χ3n) is 3.18. The van der Waals surface area contributed by atoms with E-state index in [1.807, 2.05) is 12.2 Å². The van der Waals surface area contributed by atoms with Gasteiger partial charge in [0.25, 0.3) is 5.54 Å². The minimum Gasteiger partial charge on any atom is -0.348 e. The van der Waals surface area contributed by atoms with E-state index in [4.69, 9.17) is 9.47 Å². The maximum Gasteiger partial charge on any atom is 0.274 e. The summed E-state index contributed by atoms with van der Waals surface area (Å²) in [5.41, 5.74) is -1.06. The Balaban J connectivity index is 2.20. The lowest BCUT2D eigenvalue weighted by molar-refractivity contribution is -0.596. The van der Waals surface area contributed by atoms with Crippen LogP contribution in [0.3, 0.4) is 0 Å². The number of hydrogen-bond donors (Lipinski definition) is 0. The minimum absolute atomic E-state index is 0.0541. The van der Waals surface area contributed by atoms with Gasteiger partial charge in [-0.15, -0.1) is 0 Å². The first-order valence-corrected chi connectivity index (χ1v) is 5.22. The van der Waals surface area contributed by atoms with Crippen molar-refractivity contribution in [2.75, 3.05) is 20.0 Å². The molecule has 0 radical (unpaired) electrons. The molecule has 15 heavy (non-hydrogen) atoms. The molecule has 5 heteroatoms. The maximum absolute atomic E-state index is 11.2. The van der Waals surface area contributed by atoms with Crippen LogP contribution in [0.25, 0.3) is 0 Å². The van der Waals surface area contributed by atoms with Crippen LogP contribution in [-0.4, -0.2) is 30.5 Å². The van der Waals surface area contributed by atoms with Gasteiger partial charge in [0.15, 0.2) is 0 Å². The molecule has 1 heterocycles. The van der Waals surface area contributed by atoms with Gasteiger partial charge >= 0.3 is 0 Å². The molecule has 1 unspecified atom stereocenters. The Morgan fingerprint density at radius 2 is 2.13 bits per heavy atom. The van der Waals surface area contributed by atoms with Crippen LogP contribution in [0.15, 0.2) is 12.2 Å². The molecule has 0 aromatic heterocycles. The van der Waals surface area contributed by atoms with Gasteiger partial charge in [0.1, 0.15) is 20.0 Å². The fourth-order valence-corrected chi connectivity index (χ4v) is 2.25. The lowest BCUT2D eigenvalue weighted by Crippen LogP contribution is -2.55. The molecule has 0 amide bonds. The highest BCUT2D eigenvalue weighted by atomic mass is 16.7. The van der Waals surface area contributed by atoms with Gasteiger partial charge in [-0.2, -0.15) is 0 Å². The number of hydrogen-bond acceptors (Lipinski definition) is 4. The summed E-state index contributed by atoms with van der Waals surface area (Å²) >= 11 is 0. The Labute approximate surface area is 88.2 Å². The van der Waals surface area contributed by atoms with E-state index in [1.165, 1.54) is 0 Å². The van der Waals surface area contributed by atoms with Crippen LogP contribution in [-0.2, 0) is 9.47 Å². The Hall–Kier alpha value is -0.940. The smallest absolute Gasteiger partial charge is 0.274 e. The SMILES string of the molecule is O=[N+]([O-])C1(C2C=CCCC2)COCOC1. The van der Waals surface area contributed by atoms with E-state index in [1.54, 1.807) is 0 Å². The summed E-state index contributed by atoms with van der Waals surface area (Å²) in [5, 5.41) is 11.2. The molecule has 0 spiro atoms. The molecule has 2 rings (SSSR count). The third kappa shape index (κ3) is 1.89. The van der Waals surface area contributed by atoms with E-state index >= 15 is 0 Å². The zero-order valence-corrected chi connectivity index (χ0v) is 8.55. The van der Waals surface area contributed by atoms with E-state index in [2.05, 4.69) is 0 Å². The zero-order valence-electron chi connectivity index (χ0n) is 8.55.